The summed E-state index contributed by atoms with van der Waals surface area (Å²) >= 11 is 0. The van der Waals surface area contributed by atoms with Gasteiger partial charge in [-0.3, -0.25) is 4.79 Å². The molecule has 166 valence electrons. The van der Waals surface area contributed by atoms with E-state index in [0.717, 1.165) is 16.8 Å². The minimum atomic E-state index is -0.339. The van der Waals surface area contributed by atoms with Crippen molar-refractivity contribution >= 4 is 0 Å². The van der Waals surface area contributed by atoms with Crippen LogP contribution in [0.5, 0.6) is 0 Å². The molecule has 3 rings (SSSR count). The number of H-pyrrole nitrogens is 1. The molecule has 0 unspecified atom stereocenters. The Morgan fingerprint density at radius 3 is 1.63 bits per heavy atom. The zero-order valence-corrected chi connectivity index (χ0v) is 20.1. The van der Waals surface area contributed by atoms with Gasteiger partial charge < -0.3 is 4.98 Å². The van der Waals surface area contributed by atoms with Gasteiger partial charge in [-0.05, 0) is 31.0 Å². The Bertz CT molecular complexity index is 758. The van der Waals surface area contributed by atoms with Gasteiger partial charge >= 0.3 is 0 Å². The summed E-state index contributed by atoms with van der Waals surface area (Å²) in [5, 5.41) is 8.77. The molecule has 0 amide bonds. The molecule has 1 N–H and O–H groups in total. The molecule has 0 radical (unpaired) electrons. The summed E-state index contributed by atoms with van der Waals surface area (Å²) in [6, 6.07) is 11.4. The van der Waals surface area contributed by atoms with Crippen LogP contribution in [0.3, 0.4) is 0 Å². The van der Waals surface area contributed by atoms with E-state index in [-0.39, 0.29) is 11.1 Å². The van der Waals surface area contributed by atoms with Crippen molar-refractivity contribution in [1.29, 1.82) is 5.26 Å². The predicted octanol–water partition coefficient (Wildman–Crippen LogP) is 8.09. The minimum Gasteiger partial charge on any atom is -0.321 e. The fourth-order valence-corrected chi connectivity index (χ4v) is 3.15. The van der Waals surface area contributed by atoms with E-state index >= 15 is 0 Å². The molecule has 0 atom stereocenters. The highest BCUT2D eigenvalue weighted by Gasteiger charge is 2.06. The number of aromatic amines is 1. The van der Waals surface area contributed by atoms with Crippen LogP contribution in [0.25, 0.3) is 11.3 Å². The first-order chi connectivity index (χ1) is 14.5. The van der Waals surface area contributed by atoms with Gasteiger partial charge in [0.1, 0.15) is 11.6 Å². The Labute approximate surface area is 184 Å². The Morgan fingerprint density at radius 2 is 1.27 bits per heavy atom. The predicted molar refractivity (Wildman–Crippen MR) is 131 cm³/mol. The van der Waals surface area contributed by atoms with Crippen LogP contribution in [-0.4, -0.2) is 4.98 Å². The SMILES string of the molecule is C1CCCCCCC1.CC.CCC.Cc1ccc(-c2[nH]c(=O)c(C#N)cc2C)cc1. The van der Waals surface area contributed by atoms with Crippen LogP contribution in [0.15, 0.2) is 35.1 Å². The summed E-state index contributed by atoms with van der Waals surface area (Å²) in [5.41, 5.74) is 3.60. The Morgan fingerprint density at radius 1 is 0.867 bits per heavy atom. The number of nitrogens with zero attached hydrogens (tertiary/aromatic N) is 1. The Hall–Kier alpha value is -2.34. The number of aromatic nitrogens is 1. The average Bonchev–Trinajstić information content (AvgIpc) is 2.72. The third-order valence-electron chi connectivity index (χ3n) is 4.70. The molecule has 1 heterocycles. The van der Waals surface area contributed by atoms with Gasteiger partial charge in [0.2, 0.25) is 0 Å². The molecular weight excluding hydrogens is 368 g/mol. The number of rotatable bonds is 1. The second-order valence-electron chi connectivity index (χ2n) is 7.58. The van der Waals surface area contributed by atoms with E-state index in [4.69, 9.17) is 5.26 Å². The molecular formula is C27H42N2O. The van der Waals surface area contributed by atoms with Gasteiger partial charge in [-0.15, -0.1) is 0 Å². The zero-order chi connectivity index (χ0) is 22.8. The van der Waals surface area contributed by atoms with Crippen molar-refractivity contribution in [1.82, 2.24) is 4.98 Å². The van der Waals surface area contributed by atoms with Gasteiger partial charge in [-0.2, -0.15) is 5.26 Å². The third-order valence-corrected chi connectivity index (χ3v) is 4.70. The molecule has 1 aliphatic carbocycles. The van der Waals surface area contributed by atoms with E-state index in [1.54, 1.807) is 6.07 Å². The lowest BCUT2D eigenvalue weighted by atomic mass is 10.0. The maximum absolute atomic E-state index is 11.6. The number of nitriles is 1. The summed E-state index contributed by atoms with van der Waals surface area (Å²) in [6.07, 6.45) is 13.2. The number of nitrogens with one attached hydrogen (secondary N) is 1. The largest absolute Gasteiger partial charge is 0.321 e. The summed E-state index contributed by atoms with van der Waals surface area (Å²) in [5.74, 6) is 0. The van der Waals surface area contributed by atoms with Gasteiger partial charge in [-0.1, -0.05) is 115 Å². The van der Waals surface area contributed by atoms with E-state index in [9.17, 15) is 4.79 Å². The molecule has 3 nitrogen and oxygen atoms in total. The standard InChI is InChI=1S/C14H12N2O.C8H16.C3H8.C2H6/c1-9-3-5-11(6-4-9)13-10(2)7-12(8-15)14(17)16-13;1-2-4-6-8-7-5-3-1;1-3-2;1-2/h3-7H,1-2H3,(H,16,17);1-8H2;3H2,1-2H3;1-2H3. The van der Waals surface area contributed by atoms with Crippen molar-refractivity contribution in [3.63, 3.8) is 0 Å². The highest BCUT2D eigenvalue weighted by Crippen LogP contribution is 2.20. The quantitative estimate of drug-likeness (QED) is 0.516. The van der Waals surface area contributed by atoms with Crippen molar-refractivity contribution in [2.45, 2.75) is 99.3 Å². The normalized spacial score (nSPS) is 12.8. The molecule has 1 fully saturated rings. The molecule has 1 saturated carbocycles. The second-order valence-corrected chi connectivity index (χ2v) is 7.58. The molecule has 0 spiro atoms. The zero-order valence-electron chi connectivity index (χ0n) is 20.1. The molecule has 3 heteroatoms. The van der Waals surface area contributed by atoms with Crippen molar-refractivity contribution in [2.24, 2.45) is 0 Å². The molecule has 2 aromatic rings. The summed E-state index contributed by atoms with van der Waals surface area (Å²) in [6.45, 7) is 12.1. The van der Waals surface area contributed by atoms with Crippen LogP contribution in [0.1, 0.15) is 102 Å². The molecule has 0 saturated heterocycles. The molecule has 30 heavy (non-hydrogen) atoms. The van der Waals surface area contributed by atoms with Gasteiger partial charge in [0.05, 0.1) is 5.69 Å². The average molecular weight is 411 g/mol. The lowest BCUT2D eigenvalue weighted by molar-refractivity contribution is 0.504. The van der Waals surface area contributed by atoms with Crippen LogP contribution in [0.4, 0.5) is 0 Å². The van der Waals surface area contributed by atoms with Gasteiger partial charge in [0.15, 0.2) is 0 Å². The van der Waals surface area contributed by atoms with Crippen LogP contribution < -0.4 is 5.56 Å². The van der Waals surface area contributed by atoms with Crippen LogP contribution in [0, 0.1) is 25.2 Å². The van der Waals surface area contributed by atoms with Gasteiger partial charge in [0, 0.05) is 0 Å². The van der Waals surface area contributed by atoms with Gasteiger partial charge in [0.25, 0.3) is 5.56 Å². The number of aryl methyl sites for hydroxylation is 2. The number of hydrogen-bond donors (Lipinski definition) is 1. The topological polar surface area (TPSA) is 56.6 Å². The first-order valence-corrected chi connectivity index (χ1v) is 11.7. The van der Waals surface area contributed by atoms with Crippen molar-refractivity contribution in [3.05, 3.63) is 57.4 Å². The lowest BCUT2D eigenvalue weighted by Crippen LogP contribution is -2.11. The maximum Gasteiger partial charge on any atom is 0.266 e. The Kier molecular flexibility index (Phi) is 16.1. The van der Waals surface area contributed by atoms with E-state index in [0.29, 0.717) is 0 Å². The second kappa shape index (κ2) is 17.5. The number of hydrogen-bond acceptors (Lipinski definition) is 2. The highest BCUT2D eigenvalue weighted by molar-refractivity contribution is 5.63. The molecule has 0 bridgehead atoms. The van der Waals surface area contributed by atoms with Crippen molar-refractivity contribution < 1.29 is 0 Å². The molecule has 1 aliphatic rings. The molecule has 1 aromatic heterocycles. The van der Waals surface area contributed by atoms with E-state index in [1.807, 2.05) is 58.0 Å². The molecule has 0 aliphatic heterocycles. The maximum atomic E-state index is 11.6. The minimum absolute atomic E-state index is 0.151. The van der Waals surface area contributed by atoms with Crippen molar-refractivity contribution in [3.8, 4) is 17.3 Å². The third kappa shape index (κ3) is 11.0. The molecule has 1 aromatic carbocycles. The van der Waals surface area contributed by atoms with Crippen LogP contribution in [-0.2, 0) is 0 Å². The number of pyridine rings is 1. The van der Waals surface area contributed by atoms with Crippen molar-refractivity contribution in [2.75, 3.05) is 0 Å². The monoisotopic (exact) mass is 410 g/mol. The van der Waals surface area contributed by atoms with Crippen LogP contribution >= 0.6 is 0 Å². The fourth-order valence-electron chi connectivity index (χ4n) is 3.15. The summed E-state index contributed by atoms with van der Waals surface area (Å²) < 4.78 is 0. The Balaban J connectivity index is 0.000000539. The van der Waals surface area contributed by atoms with E-state index in [2.05, 4.69) is 18.8 Å². The smallest absolute Gasteiger partial charge is 0.266 e. The fraction of sp³-hybridized carbons (Fsp3) is 0.556. The lowest BCUT2D eigenvalue weighted by Gasteiger charge is -2.06. The summed E-state index contributed by atoms with van der Waals surface area (Å²) in [4.78, 5) is 14.3. The van der Waals surface area contributed by atoms with E-state index < -0.39 is 0 Å². The highest BCUT2D eigenvalue weighted by atomic mass is 16.1. The van der Waals surface area contributed by atoms with Crippen LogP contribution in [0.2, 0.25) is 0 Å². The van der Waals surface area contributed by atoms with Gasteiger partial charge in [-0.25, -0.2) is 0 Å². The first kappa shape index (κ1) is 27.7. The summed E-state index contributed by atoms with van der Waals surface area (Å²) in [7, 11) is 0. The first-order valence-electron chi connectivity index (χ1n) is 11.7. The number of benzene rings is 1. The van der Waals surface area contributed by atoms with E-state index in [1.165, 1.54) is 63.4 Å².